The summed E-state index contributed by atoms with van der Waals surface area (Å²) >= 11 is 3.37. The molecule has 21 heavy (non-hydrogen) atoms. The van der Waals surface area contributed by atoms with Gasteiger partial charge in [-0.15, -0.1) is 0 Å². The Morgan fingerprint density at radius 2 is 1.62 bits per heavy atom. The van der Waals surface area contributed by atoms with Crippen LogP contribution in [0.25, 0.3) is 0 Å². The maximum atomic E-state index is 12.2. The van der Waals surface area contributed by atoms with E-state index < -0.39 is 16.2 Å². The number of aryl methyl sites for hydroxylation is 1. The highest BCUT2D eigenvalue weighted by Gasteiger charge is 2.19. The highest BCUT2D eigenvalue weighted by atomic mass is 79.9. The molecule has 3 nitrogen and oxygen atoms in total. The van der Waals surface area contributed by atoms with E-state index in [1.807, 2.05) is 31.2 Å². The van der Waals surface area contributed by atoms with Gasteiger partial charge in [0.2, 0.25) is 0 Å². The Kier molecular flexibility index (Phi) is 5.19. The highest BCUT2D eigenvalue weighted by Crippen LogP contribution is 2.18. The molecule has 112 valence electrons. The van der Waals surface area contributed by atoms with Crippen molar-refractivity contribution >= 4 is 26.0 Å². The standard InChI is InChI=1S/C16H17BrO3S/c1-12-3-9-16(10-4-12)21(18,19)20-13(2)11-14-5-7-15(17)8-6-14/h3-10,13H,11H2,1-2H3. The molecule has 0 bridgehead atoms. The van der Waals surface area contributed by atoms with Crippen molar-refractivity contribution in [3.8, 4) is 0 Å². The minimum Gasteiger partial charge on any atom is -0.263 e. The second kappa shape index (κ2) is 6.73. The van der Waals surface area contributed by atoms with Crippen LogP contribution in [0.3, 0.4) is 0 Å². The minimum absolute atomic E-state index is 0.191. The van der Waals surface area contributed by atoms with Gasteiger partial charge in [0.05, 0.1) is 11.0 Å². The lowest BCUT2D eigenvalue weighted by molar-refractivity contribution is 0.229. The molecule has 0 aromatic heterocycles. The molecule has 1 atom stereocenters. The molecule has 0 aliphatic heterocycles. The van der Waals surface area contributed by atoms with Gasteiger partial charge in [0.1, 0.15) is 0 Å². The van der Waals surface area contributed by atoms with Crippen LogP contribution in [0.4, 0.5) is 0 Å². The van der Waals surface area contributed by atoms with Crippen molar-refractivity contribution in [2.45, 2.75) is 31.3 Å². The largest absolute Gasteiger partial charge is 0.297 e. The molecule has 0 heterocycles. The first kappa shape index (κ1) is 16.2. The molecular weight excluding hydrogens is 352 g/mol. The number of hydrogen-bond acceptors (Lipinski definition) is 3. The summed E-state index contributed by atoms with van der Waals surface area (Å²) in [7, 11) is -3.71. The summed E-state index contributed by atoms with van der Waals surface area (Å²) in [4.78, 5) is 0.191. The second-order valence-electron chi connectivity index (χ2n) is 5.00. The SMILES string of the molecule is Cc1ccc(S(=O)(=O)OC(C)Cc2ccc(Br)cc2)cc1. The Labute approximate surface area is 134 Å². The van der Waals surface area contributed by atoms with E-state index in [1.54, 1.807) is 31.2 Å². The fraction of sp³-hybridized carbons (Fsp3) is 0.250. The molecule has 0 saturated heterocycles. The predicted octanol–water partition coefficient (Wildman–Crippen LogP) is 4.09. The van der Waals surface area contributed by atoms with Crippen molar-refractivity contribution < 1.29 is 12.6 Å². The van der Waals surface area contributed by atoms with Gasteiger partial charge < -0.3 is 0 Å². The zero-order valence-electron chi connectivity index (χ0n) is 11.9. The van der Waals surface area contributed by atoms with E-state index in [0.29, 0.717) is 6.42 Å². The van der Waals surface area contributed by atoms with E-state index in [-0.39, 0.29) is 4.90 Å². The van der Waals surface area contributed by atoms with E-state index in [9.17, 15) is 8.42 Å². The van der Waals surface area contributed by atoms with E-state index in [4.69, 9.17) is 4.18 Å². The Morgan fingerprint density at radius 3 is 2.19 bits per heavy atom. The topological polar surface area (TPSA) is 43.4 Å². The summed E-state index contributed by atoms with van der Waals surface area (Å²) in [5.74, 6) is 0. The fourth-order valence-corrected chi connectivity index (χ4v) is 3.31. The van der Waals surface area contributed by atoms with E-state index in [2.05, 4.69) is 15.9 Å². The highest BCUT2D eigenvalue weighted by molar-refractivity contribution is 9.10. The van der Waals surface area contributed by atoms with E-state index in [1.165, 1.54) is 0 Å². The Balaban J connectivity index is 2.05. The Hall–Kier alpha value is -1.17. The normalized spacial score (nSPS) is 13.1. The summed E-state index contributed by atoms with van der Waals surface area (Å²) in [6.07, 6.45) is 0.121. The number of hydrogen-bond donors (Lipinski definition) is 0. The predicted molar refractivity (Wildman–Crippen MR) is 86.8 cm³/mol. The molecule has 0 amide bonds. The lowest BCUT2D eigenvalue weighted by Gasteiger charge is -2.13. The molecule has 0 fully saturated rings. The van der Waals surface area contributed by atoms with Gasteiger partial charge in [-0.2, -0.15) is 8.42 Å². The molecule has 1 unspecified atom stereocenters. The van der Waals surface area contributed by atoms with Crippen molar-refractivity contribution in [1.29, 1.82) is 0 Å². The lowest BCUT2D eigenvalue weighted by atomic mass is 10.1. The smallest absolute Gasteiger partial charge is 0.263 e. The van der Waals surface area contributed by atoms with Crippen LogP contribution in [0, 0.1) is 6.92 Å². The van der Waals surface area contributed by atoms with Crippen LogP contribution in [0.5, 0.6) is 0 Å². The molecular formula is C16H17BrO3S. The maximum absolute atomic E-state index is 12.2. The Bertz CT molecular complexity index is 691. The van der Waals surface area contributed by atoms with Crippen LogP contribution < -0.4 is 0 Å². The van der Waals surface area contributed by atoms with Crippen LogP contribution in [0.1, 0.15) is 18.1 Å². The van der Waals surface area contributed by atoms with Crippen LogP contribution >= 0.6 is 15.9 Å². The second-order valence-corrected chi connectivity index (χ2v) is 7.49. The first-order valence-corrected chi connectivity index (χ1v) is 8.81. The molecule has 0 radical (unpaired) electrons. The molecule has 0 aliphatic rings. The fourth-order valence-electron chi connectivity index (χ4n) is 1.96. The summed E-state index contributed by atoms with van der Waals surface area (Å²) in [6.45, 7) is 3.67. The van der Waals surface area contributed by atoms with Crippen molar-refractivity contribution in [1.82, 2.24) is 0 Å². The van der Waals surface area contributed by atoms with Gasteiger partial charge in [0.25, 0.3) is 10.1 Å². The zero-order chi connectivity index (χ0) is 15.5. The summed E-state index contributed by atoms with van der Waals surface area (Å²) in [5.41, 5.74) is 2.04. The monoisotopic (exact) mass is 368 g/mol. The van der Waals surface area contributed by atoms with Crippen LogP contribution in [0.2, 0.25) is 0 Å². The molecule has 2 rings (SSSR count). The number of halogens is 1. The Morgan fingerprint density at radius 1 is 1.05 bits per heavy atom. The maximum Gasteiger partial charge on any atom is 0.297 e. The first-order valence-electron chi connectivity index (χ1n) is 6.61. The van der Waals surface area contributed by atoms with Crippen molar-refractivity contribution in [3.05, 3.63) is 64.1 Å². The van der Waals surface area contributed by atoms with Crippen molar-refractivity contribution in [2.75, 3.05) is 0 Å². The summed E-state index contributed by atoms with van der Waals surface area (Å²) < 4.78 is 30.6. The quantitative estimate of drug-likeness (QED) is 0.746. The van der Waals surface area contributed by atoms with Gasteiger partial charge in [0.15, 0.2) is 0 Å². The molecule has 0 aliphatic carbocycles. The average molecular weight is 369 g/mol. The van der Waals surface area contributed by atoms with Crippen molar-refractivity contribution in [2.24, 2.45) is 0 Å². The summed E-state index contributed by atoms with van der Waals surface area (Å²) in [5, 5.41) is 0. The molecule has 2 aromatic rings. The van der Waals surface area contributed by atoms with Gasteiger partial charge in [-0.3, -0.25) is 4.18 Å². The van der Waals surface area contributed by atoms with E-state index >= 15 is 0 Å². The minimum atomic E-state index is -3.71. The number of benzene rings is 2. The third-order valence-corrected chi connectivity index (χ3v) is 5.00. The zero-order valence-corrected chi connectivity index (χ0v) is 14.3. The number of rotatable bonds is 5. The molecule has 2 aromatic carbocycles. The van der Waals surface area contributed by atoms with Gasteiger partial charge in [-0.1, -0.05) is 45.8 Å². The molecule has 0 spiro atoms. The van der Waals surface area contributed by atoms with Gasteiger partial charge >= 0.3 is 0 Å². The third-order valence-electron chi connectivity index (χ3n) is 3.04. The van der Waals surface area contributed by atoms with Gasteiger partial charge in [-0.05, 0) is 50.1 Å². The van der Waals surface area contributed by atoms with E-state index in [0.717, 1.165) is 15.6 Å². The molecule has 0 saturated carbocycles. The molecule has 0 N–H and O–H groups in total. The first-order chi connectivity index (χ1) is 9.87. The average Bonchev–Trinajstić information content (AvgIpc) is 2.41. The van der Waals surface area contributed by atoms with Crippen LogP contribution in [-0.4, -0.2) is 14.5 Å². The third kappa shape index (κ3) is 4.66. The van der Waals surface area contributed by atoms with Crippen LogP contribution in [0.15, 0.2) is 57.9 Å². The lowest BCUT2D eigenvalue weighted by Crippen LogP contribution is -2.17. The van der Waals surface area contributed by atoms with Gasteiger partial charge in [0, 0.05) is 4.47 Å². The summed E-state index contributed by atoms with van der Waals surface area (Å²) in [6, 6.07) is 14.4. The van der Waals surface area contributed by atoms with Crippen LogP contribution in [-0.2, 0) is 20.7 Å². The van der Waals surface area contributed by atoms with Gasteiger partial charge in [-0.25, -0.2) is 0 Å². The van der Waals surface area contributed by atoms with Crippen molar-refractivity contribution in [3.63, 3.8) is 0 Å². The molecule has 5 heteroatoms.